The number of amides is 5. The van der Waals surface area contributed by atoms with Crippen molar-refractivity contribution in [1.29, 1.82) is 0 Å². The minimum Gasteiger partial charge on any atom is -0.381 e. The van der Waals surface area contributed by atoms with Crippen LogP contribution >= 0.6 is 0 Å². The van der Waals surface area contributed by atoms with E-state index in [2.05, 4.69) is 36.5 Å². The average molecular weight is 1090 g/mol. The van der Waals surface area contributed by atoms with Crippen LogP contribution in [0.1, 0.15) is 118 Å². The Bertz CT molecular complexity index is 2660. The van der Waals surface area contributed by atoms with E-state index in [4.69, 9.17) is 14.2 Å². The summed E-state index contributed by atoms with van der Waals surface area (Å²) in [5.41, 5.74) is 5.03. The molecule has 14 nitrogen and oxygen atoms in total. The number of nitrogens with one attached hydrogen (secondary N) is 1. The summed E-state index contributed by atoms with van der Waals surface area (Å²) in [6, 6.07) is 34.0. The molecule has 4 heterocycles. The molecule has 0 saturated carbocycles. The fourth-order valence-electron chi connectivity index (χ4n) is 12.3. The van der Waals surface area contributed by atoms with Gasteiger partial charge in [-0.25, -0.2) is 0 Å². The third-order valence-corrected chi connectivity index (χ3v) is 17.8. The topological polar surface area (TPSA) is 155 Å². The molecular weight excluding hydrogens is 1010 g/mol. The maximum atomic E-state index is 14.8. The predicted octanol–water partition coefficient (Wildman–Crippen LogP) is 9.19. The number of methoxy groups -OCH3 is 1. The van der Waals surface area contributed by atoms with Crippen LogP contribution in [-0.2, 0) is 46.2 Å². The highest BCUT2D eigenvalue weighted by Gasteiger charge is 2.45. The molecule has 4 fully saturated rings. The van der Waals surface area contributed by atoms with Crippen LogP contribution in [0.4, 0.5) is 0 Å². The van der Waals surface area contributed by atoms with Crippen LogP contribution < -0.4 is 5.32 Å². The maximum absolute atomic E-state index is 14.8. The molecule has 0 bridgehead atoms. The fraction of sp³-hybridized carbons (Fsp3) is 0.545. The lowest BCUT2D eigenvalue weighted by atomic mass is 9.80. The van der Waals surface area contributed by atoms with Gasteiger partial charge in [-0.2, -0.15) is 0 Å². The number of likely N-dealkylation sites (tertiary alicyclic amines) is 2. The average Bonchev–Trinajstić information content (AvgIpc) is 4.09. The molecular formula is C66H87N5O9. The molecule has 8 rings (SSSR count). The third-order valence-electron chi connectivity index (χ3n) is 17.8. The van der Waals surface area contributed by atoms with Crippen LogP contribution in [0.15, 0.2) is 109 Å². The Morgan fingerprint density at radius 1 is 0.613 bits per heavy atom. The number of hydrogen-bond acceptors (Lipinski definition) is 9. The van der Waals surface area contributed by atoms with Gasteiger partial charge in [-0.05, 0) is 122 Å². The van der Waals surface area contributed by atoms with Gasteiger partial charge in [0, 0.05) is 108 Å². The zero-order chi connectivity index (χ0) is 56.7. The number of benzene rings is 4. The number of rotatable bonds is 24. The Labute approximate surface area is 475 Å². The molecule has 4 aliphatic heterocycles. The minimum atomic E-state index is -0.705. The molecule has 430 valence electrons. The Morgan fingerprint density at radius 3 is 1.57 bits per heavy atom. The first-order valence-corrected chi connectivity index (χ1v) is 29.7. The summed E-state index contributed by atoms with van der Waals surface area (Å²) >= 11 is 0. The van der Waals surface area contributed by atoms with E-state index in [1.807, 2.05) is 132 Å². The molecule has 4 saturated heterocycles. The lowest BCUT2D eigenvalue weighted by Gasteiger charge is -2.37. The van der Waals surface area contributed by atoms with Gasteiger partial charge in [0.1, 0.15) is 11.8 Å². The van der Waals surface area contributed by atoms with E-state index in [0.717, 1.165) is 41.5 Å². The van der Waals surface area contributed by atoms with Crippen molar-refractivity contribution in [1.82, 2.24) is 24.9 Å². The van der Waals surface area contributed by atoms with E-state index in [0.29, 0.717) is 109 Å². The van der Waals surface area contributed by atoms with Crippen molar-refractivity contribution in [2.45, 2.75) is 123 Å². The summed E-state index contributed by atoms with van der Waals surface area (Å²) in [6.45, 7) is 14.6. The first-order valence-electron chi connectivity index (χ1n) is 29.7. The smallest absolute Gasteiger partial charge is 0.253 e. The van der Waals surface area contributed by atoms with Gasteiger partial charge in [0.05, 0.1) is 18.2 Å². The summed E-state index contributed by atoms with van der Waals surface area (Å²) in [4.78, 5) is 93.4. The molecule has 4 aliphatic rings. The molecule has 14 heteroatoms. The van der Waals surface area contributed by atoms with Crippen molar-refractivity contribution in [3.8, 4) is 11.1 Å². The molecule has 1 N–H and O–H groups in total. The molecule has 0 unspecified atom stereocenters. The van der Waals surface area contributed by atoms with Crippen molar-refractivity contribution < 1.29 is 43.0 Å². The highest BCUT2D eigenvalue weighted by atomic mass is 16.5. The number of hydrogen-bond donors (Lipinski definition) is 1. The Morgan fingerprint density at radius 2 is 1.09 bits per heavy atom. The van der Waals surface area contributed by atoms with Crippen molar-refractivity contribution in [3.63, 3.8) is 0 Å². The van der Waals surface area contributed by atoms with Gasteiger partial charge < -0.3 is 39.1 Å². The maximum Gasteiger partial charge on any atom is 0.253 e. The van der Waals surface area contributed by atoms with E-state index in [1.54, 1.807) is 7.11 Å². The first-order chi connectivity index (χ1) is 38.7. The van der Waals surface area contributed by atoms with Crippen LogP contribution in [0.5, 0.6) is 0 Å². The number of nitrogens with zero attached hydrogens (tertiary/aromatic N) is 4. The van der Waals surface area contributed by atoms with Crippen molar-refractivity contribution in [3.05, 3.63) is 131 Å². The van der Waals surface area contributed by atoms with Crippen molar-refractivity contribution >= 4 is 35.3 Å². The standard InChI is InChI=1S/C66H87N5O9/c1-7-46(4)62(73)67-61(53-32-40-80-41-33-53)66(77)71-37-29-60(78-6)58(71)44-69(35-28-49-16-12-9-13-17-49)64(75)55-24-20-51(21-25-55)50-18-22-54(23-19-50)63(74)68(34-27-48-14-10-8-11-15-48)43-57-47(5)26-36-70(57)65(76)56(42-59(72)45(2)3)52-30-38-79-39-31-52/h8-25,45-47,52-53,56-58,60-61H,7,26-44H2,1-6H3,(H,67,73)/t46-,47+,56+,57-,58-,60+,61+/m1/s1. The van der Waals surface area contributed by atoms with E-state index in [-0.39, 0.29) is 90.0 Å². The number of carbonyl (C=O) groups excluding carboxylic acids is 6. The van der Waals surface area contributed by atoms with Crippen LogP contribution in [-0.4, -0.2) is 152 Å². The monoisotopic (exact) mass is 1090 g/mol. The normalized spacial score (nSPS) is 21.0. The summed E-state index contributed by atoms with van der Waals surface area (Å²) in [5, 5.41) is 3.15. The Kier molecular flexibility index (Phi) is 21.7. The van der Waals surface area contributed by atoms with Gasteiger partial charge in [0.2, 0.25) is 17.7 Å². The van der Waals surface area contributed by atoms with Gasteiger partial charge in [-0.3, -0.25) is 28.8 Å². The van der Waals surface area contributed by atoms with Crippen LogP contribution in [0.2, 0.25) is 0 Å². The van der Waals surface area contributed by atoms with Gasteiger partial charge in [-0.1, -0.05) is 120 Å². The van der Waals surface area contributed by atoms with Crippen LogP contribution in [0, 0.1) is 35.5 Å². The molecule has 4 aromatic carbocycles. The molecule has 0 aliphatic carbocycles. The molecule has 0 radical (unpaired) electrons. The lowest BCUT2D eigenvalue weighted by molar-refractivity contribution is -0.143. The second-order valence-electron chi connectivity index (χ2n) is 23.3. The Hall–Kier alpha value is -6.22. The predicted molar refractivity (Wildman–Crippen MR) is 311 cm³/mol. The SMILES string of the molecule is CC[C@@H](C)C(=O)N[C@H](C(=O)N1CC[C@H](OC)[C@H]1CN(CCc1ccccc1)C(=O)c1ccc(-c2ccc(C(=O)N(CCc3ccccc3)C[C@@H]3[C@@H](C)CCN3C(=O)[C@@H](CC(=O)C(C)C)C3CCOCC3)cc2)cc1)C1CCOCC1. The minimum absolute atomic E-state index is 0.0271. The van der Waals surface area contributed by atoms with Crippen LogP contribution in [0.25, 0.3) is 11.1 Å². The number of ketones is 1. The zero-order valence-electron chi connectivity index (χ0n) is 48.3. The van der Waals surface area contributed by atoms with Gasteiger partial charge in [0.25, 0.3) is 11.8 Å². The van der Waals surface area contributed by atoms with Crippen molar-refractivity contribution in [2.75, 3.05) is 72.8 Å². The molecule has 4 aromatic rings. The van der Waals surface area contributed by atoms with Gasteiger partial charge in [-0.15, -0.1) is 0 Å². The molecule has 0 aromatic heterocycles. The quantitative estimate of drug-likeness (QED) is 0.0724. The van der Waals surface area contributed by atoms with Gasteiger partial charge in [0.15, 0.2) is 0 Å². The summed E-state index contributed by atoms with van der Waals surface area (Å²) in [7, 11) is 1.66. The summed E-state index contributed by atoms with van der Waals surface area (Å²) in [5.74, 6) is -1.05. The molecule has 80 heavy (non-hydrogen) atoms. The number of ether oxygens (including phenoxy) is 3. The number of Topliss-reactive ketones (excluding diaryl/α,β-unsaturated/α-hetero) is 1. The summed E-state index contributed by atoms with van der Waals surface area (Å²) < 4.78 is 17.4. The molecule has 7 atom stereocenters. The molecule has 0 spiro atoms. The second-order valence-corrected chi connectivity index (χ2v) is 23.3. The highest BCUT2D eigenvalue weighted by molar-refractivity contribution is 5.96. The number of carbonyl (C=O) groups is 6. The summed E-state index contributed by atoms with van der Waals surface area (Å²) in [6.07, 6.45) is 6.13. The van der Waals surface area contributed by atoms with E-state index < -0.39 is 18.0 Å². The second kappa shape index (κ2) is 29.0. The first kappa shape index (κ1) is 59.9. The Balaban J connectivity index is 0.997. The van der Waals surface area contributed by atoms with E-state index >= 15 is 0 Å². The zero-order valence-corrected chi connectivity index (χ0v) is 48.3. The van der Waals surface area contributed by atoms with Gasteiger partial charge >= 0.3 is 0 Å². The van der Waals surface area contributed by atoms with E-state index in [9.17, 15) is 28.8 Å². The highest BCUT2D eigenvalue weighted by Crippen LogP contribution is 2.35. The van der Waals surface area contributed by atoms with Crippen molar-refractivity contribution in [2.24, 2.45) is 35.5 Å². The fourth-order valence-corrected chi connectivity index (χ4v) is 12.3. The lowest BCUT2D eigenvalue weighted by Crippen LogP contribution is -2.58. The van der Waals surface area contributed by atoms with Crippen LogP contribution in [0.3, 0.4) is 0 Å². The molecule has 5 amide bonds. The van der Waals surface area contributed by atoms with E-state index in [1.165, 1.54) is 0 Å². The third kappa shape index (κ3) is 15.2. The largest absolute Gasteiger partial charge is 0.381 e.